The maximum absolute atomic E-state index is 12.0. The van der Waals surface area contributed by atoms with Crippen LogP contribution in [0, 0.1) is 5.92 Å². The number of carbonyl (C=O) groups excluding carboxylic acids is 1. The molecule has 0 aromatic rings. The molecular weight excluding hydrogens is 226 g/mol. The Morgan fingerprint density at radius 1 is 1.33 bits per heavy atom. The number of nitrogens with one attached hydrogen (secondary N) is 1. The molecule has 3 N–H and O–H groups in total. The van der Waals surface area contributed by atoms with Crippen molar-refractivity contribution in [2.45, 2.75) is 65.1 Å². The Balaban J connectivity index is 2.38. The third-order valence-electron chi connectivity index (χ3n) is 4.18. The molecule has 1 fully saturated rings. The Kier molecular flexibility index (Phi) is 5.17. The van der Waals surface area contributed by atoms with Gasteiger partial charge in [-0.05, 0) is 26.2 Å². The van der Waals surface area contributed by atoms with Gasteiger partial charge in [-0.25, -0.2) is 0 Å². The summed E-state index contributed by atoms with van der Waals surface area (Å²) in [7, 11) is 0. The van der Waals surface area contributed by atoms with E-state index in [1.807, 2.05) is 6.92 Å². The number of rotatable bonds is 6. The number of nitrogens with two attached hydrogens (primary N) is 1. The van der Waals surface area contributed by atoms with E-state index in [-0.39, 0.29) is 23.5 Å². The van der Waals surface area contributed by atoms with Crippen molar-refractivity contribution in [2.75, 3.05) is 13.1 Å². The fourth-order valence-electron chi connectivity index (χ4n) is 2.38. The summed E-state index contributed by atoms with van der Waals surface area (Å²) in [6, 6.07) is 0.193. The van der Waals surface area contributed by atoms with Crippen LogP contribution in [0.25, 0.3) is 0 Å². The SMILES string of the molecule is CCCC(C)NC(=O)C(C)N1CC(N)(C(C)C)C1. The average molecular weight is 255 g/mol. The van der Waals surface area contributed by atoms with Gasteiger partial charge >= 0.3 is 0 Å². The quantitative estimate of drug-likeness (QED) is 0.753. The minimum absolute atomic E-state index is 0.0697. The molecule has 0 saturated carbocycles. The van der Waals surface area contributed by atoms with Crippen LogP contribution in [0.4, 0.5) is 0 Å². The van der Waals surface area contributed by atoms with E-state index in [0.29, 0.717) is 5.92 Å². The highest BCUT2D eigenvalue weighted by molar-refractivity contribution is 5.81. The predicted octanol–water partition coefficient (Wildman–Crippen LogP) is 1.35. The highest BCUT2D eigenvalue weighted by atomic mass is 16.2. The Morgan fingerprint density at radius 2 is 1.89 bits per heavy atom. The summed E-state index contributed by atoms with van der Waals surface area (Å²) in [5, 5.41) is 3.06. The maximum Gasteiger partial charge on any atom is 0.237 e. The third kappa shape index (κ3) is 3.45. The number of amides is 1. The van der Waals surface area contributed by atoms with E-state index >= 15 is 0 Å². The Morgan fingerprint density at radius 3 is 2.33 bits per heavy atom. The molecule has 106 valence electrons. The first-order valence-corrected chi connectivity index (χ1v) is 7.13. The Bertz CT molecular complexity index is 285. The van der Waals surface area contributed by atoms with E-state index in [9.17, 15) is 4.79 Å². The standard InChI is InChI=1S/C14H29N3O/c1-6-7-11(4)16-13(18)12(5)17-8-14(15,9-17)10(2)3/h10-12H,6-9,15H2,1-5H3,(H,16,18). The number of carbonyl (C=O) groups is 1. The zero-order chi connectivity index (χ0) is 13.9. The van der Waals surface area contributed by atoms with Gasteiger partial charge in [-0.3, -0.25) is 9.69 Å². The van der Waals surface area contributed by atoms with Crippen LogP contribution in [0.5, 0.6) is 0 Å². The van der Waals surface area contributed by atoms with Crippen LogP contribution < -0.4 is 11.1 Å². The molecule has 0 aliphatic carbocycles. The van der Waals surface area contributed by atoms with Gasteiger partial charge in [0, 0.05) is 24.7 Å². The van der Waals surface area contributed by atoms with Crippen LogP contribution in [0.15, 0.2) is 0 Å². The number of likely N-dealkylation sites (tertiary alicyclic amines) is 1. The van der Waals surface area contributed by atoms with Crippen molar-refractivity contribution in [3.63, 3.8) is 0 Å². The average Bonchev–Trinajstić information content (AvgIpc) is 2.23. The summed E-state index contributed by atoms with van der Waals surface area (Å²) >= 11 is 0. The Hall–Kier alpha value is -0.610. The Labute approximate surface area is 111 Å². The van der Waals surface area contributed by atoms with Crippen molar-refractivity contribution in [3.05, 3.63) is 0 Å². The maximum atomic E-state index is 12.0. The van der Waals surface area contributed by atoms with Crippen LogP contribution >= 0.6 is 0 Å². The smallest absolute Gasteiger partial charge is 0.237 e. The summed E-state index contributed by atoms with van der Waals surface area (Å²) < 4.78 is 0. The normalized spacial score (nSPS) is 22.4. The summed E-state index contributed by atoms with van der Waals surface area (Å²) in [4.78, 5) is 14.2. The van der Waals surface area contributed by atoms with Crippen molar-refractivity contribution in [1.82, 2.24) is 10.2 Å². The molecule has 0 radical (unpaired) electrons. The monoisotopic (exact) mass is 255 g/mol. The second kappa shape index (κ2) is 6.02. The molecule has 1 amide bonds. The molecule has 0 aromatic carbocycles. The van der Waals surface area contributed by atoms with Gasteiger partial charge in [-0.1, -0.05) is 27.2 Å². The van der Waals surface area contributed by atoms with Crippen molar-refractivity contribution in [3.8, 4) is 0 Å². The van der Waals surface area contributed by atoms with Gasteiger partial charge in [0.05, 0.1) is 6.04 Å². The minimum atomic E-state index is -0.108. The molecule has 1 aliphatic heterocycles. The number of hydrogen-bond acceptors (Lipinski definition) is 3. The topological polar surface area (TPSA) is 58.4 Å². The molecule has 0 spiro atoms. The van der Waals surface area contributed by atoms with Crippen LogP contribution in [0.1, 0.15) is 47.5 Å². The van der Waals surface area contributed by atoms with E-state index in [1.165, 1.54) is 0 Å². The summed E-state index contributed by atoms with van der Waals surface area (Å²) in [6.45, 7) is 12.1. The van der Waals surface area contributed by atoms with E-state index in [2.05, 4.69) is 37.9 Å². The lowest BCUT2D eigenvalue weighted by Gasteiger charge is -2.52. The lowest BCUT2D eigenvalue weighted by atomic mass is 9.79. The van der Waals surface area contributed by atoms with Crippen molar-refractivity contribution >= 4 is 5.91 Å². The third-order valence-corrected chi connectivity index (χ3v) is 4.18. The van der Waals surface area contributed by atoms with Crippen molar-refractivity contribution in [2.24, 2.45) is 11.7 Å². The molecule has 0 aromatic heterocycles. The highest BCUT2D eigenvalue weighted by Crippen LogP contribution is 2.27. The summed E-state index contributed by atoms with van der Waals surface area (Å²) in [5.41, 5.74) is 6.14. The largest absolute Gasteiger partial charge is 0.352 e. The van der Waals surface area contributed by atoms with Gasteiger partial charge < -0.3 is 11.1 Å². The van der Waals surface area contributed by atoms with E-state index in [0.717, 1.165) is 25.9 Å². The molecule has 4 nitrogen and oxygen atoms in total. The highest BCUT2D eigenvalue weighted by Gasteiger charge is 2.45. The van der Waals surface area contributed by atoms with E-state index in [4.69, 9.17) is 5.73 Å². The van der Waals surface area contributed by atoms with Crippen molar-refractivity contribution in [1.29, 1.82) is 0 Å². The van der Waals surface area contributed by atoms with Gasteiger partial charge in [-0.15, -0.1) is 0 Å². The van der Waals surface area contributed by atoms with E-state index < -0.39 is 0 Å². The minimum Gasteiger partial charge on any atom is -0.352 e. The van der Waals surface area contributed by atoms with Crippen LogP contribution in [-0.4, -0.2) is 41.5 Å². The second-order valence-electron chi connectivity index (χ2n) is 6.17. The van der Waals surface area contributed by atoms with Gasteiger partial charge in [0.2, 0.25) is 5.91 Å². The lowest BCUT2D eigenvalue weighted by Crippen LogP contribution is -2.73. The molecule has 2 unspecified atom stereocenters. The predicted molar refractivity (Wildman–Crippen MR) is 75.3 cm³/mol. The van der Waals surface area contributed by atoms with Gasteiger partial charge in [-0.2, -0.15) is 0 Å². The zero-order valence-electron chi connectivity index (χ0n) is 12.5. The summed E-state index contributed by atoms with van der Waals surface area (Å²) in [6.07, 6.45) is 2.13. The fraction of sp³-hybridized carbons (Fsp3) is 0.929. The molecule has 1 aliphatic rings. The molecule has 1 saturated heterocycles. The number of nitrogens with zero attached hydrogens (tertiary/aromatic N) is 1. The van der Waals surface area contributed by atoms with Gasteiger partial charge in [0.15, 0.2) is 0 Å². The molecule has 1 rings (SSSR count). The lowest BCUT2D eigenvalue weighted by molar-refractivity contribution is -0.130. The molecular formula is C14H29N3O. The first kappa shape index (κ1) is 15.4. The van der Waals surface area contributed by atoms with Crippen molar-refractivity contribution < 1.29 is 4.79 Å². The molecule has 4 heteroatoms. The van der Waals surface area contributed by atoms with Gasteiger partial charge in [0.1, 0.15) is 0 Å². The first-order valence-electron chi connectivity index (χ1n) is 7.13. The molecule has 1 heterocycles. The second-order valence-corrected chi connectivity index (χ2v) is 6.17. The molecule has 2 atom stereocenters. The number of hydrogen-bond donors (Lipinski definition) is 2. The molecule has 18 heavy (non-hydrogen) atoms. The fourth-order valence-corrected chi connectivity index (χ4v) is 2.38. The first-order chi connectivity index (χ1) is 8.30. The van der Waals surface area contributed by atoms with Crippen LogP contribution in [0.3, 0.4) is 0 Å². The van der Waals surface area contributed by atoms with E-state index in [1.54, 1.807) is 0 Å². The zero-order valence-corrected chi connectivity index (χ0v) is 12.5. The van der Waals surface area contributed by atoms with Crippen LogP contribution in [-0.2, 0) is 4.79 Å². The molecule has 0 bridgehead atoms. The van der Waals surface area contributed by atoms with Crippen LogP contribution in [0.2, 0.25) is 0 Å². The van der Waals surface area contributed by atoms with Gasteiger partial charge in [0.25, 0.3) is 0 Å². The summed E-state index contributed by atoms with van der Waals surface area (Å²) in [5.74, 6) is 0.588.